The average Bonchev–Trinajstić information content (AvgIpc) is 3.61. The number of esters is 1. The molecule has 0 saturated heterocycles. The molecule has 8 heteroatoms. The summed E-state index contributed by atoms with van der Waals surface area (Å²) in [4.78, 5) is 14.1. The molecule has 0 radical (unpaired) electrons. The van der Waals surface area contributed by atoms with Gasteiger partial charge in [-0.2, -0.15) is 4.57 Å². The second-order valence-corrected chi connectivity index (χ2v) is 12.7. The lowest BCUT2D eigenvalue weighted by Gasteiger charge is -2.21. The molecule has 0 unspecified atom stereocenters. The molecule has 0 bridgehead atoms. The van der Waals surface area contributed by atoms with Gasteiger partial charge in [-0.15, -0.1) is 13.2 Å². The van der Waals surface area contributed by atoms with Crippen LogP contribution in [0.4, 0.5) is 0 Å². The van der Waals surface area contributed by atoms with Crippen LogP contribution in [0.15, 0.2) is 92.2 Å². The van der Waals surface area contributed by atoms with Gasteiger partial charge in [-0.25, -0.2) is 0 Å². The standard InChI is InChI=1S/C43H42NO7/c1-6-9-27-11-14-37(48-19-8-3)32(20-27)28-12-15-36(30(21-28)10-7-2)51-41(45)24-34-31-13-16-38(46-4)43(47-5)35(31)25-44-18-17-29-22-39-40(50-26-49-39)23-33(29)42(34)44/h6-7,11-16,20-23,25H,1-2,8-10,17-19,24,26H2,3-5H3/q+1. The maximum atomic E-state index is 14.1. The van der Waals surface area contributed by atoms with Crippen molar-refractivity contribution in [3.63, 3.8) is 0 Å². The fourth-order valence-electron chi connectivity index (χ4n) is 7.09. The summed E-state index contributed by atoms with van der Waals surface area (Å²) in [7, 11) is 3.25. The highest BCUT2D eigenvalue weighted by atomic mass is 16.7. The van der Waals surface area contributed by atoms with Crippen LogP contribution < -0.4 is 33.0 Å². The normalized spacial score (nSPS) is 12.5. The zero-order valence-corrected chi connectivity index (χ0v) is 29.4. The van der Waals surface area contributed by atoms with E-state index in [1.54, 1.807) is 14.2 Å². The highest BCUT2D eigenvalue weighted by Gasteiger charge is 2.33. The Kier molecular flexibility index (Phi) is 9.66. The van der Waals surface area contributed by atoms with Gasteiger partial charge in [0.2, 0.25) is 12.5 Å². The number of rotatable bonds is 13. The summed E-state index contributed by atoms with van der Waals surface area (Å²) in [5.74, 6) is 3.58. The molecule has 0 atom stereocenters. The van der Waals surface area contributed by atoms with Crippen molar-refractivity contribution in [2.45, 2.75) is 45.6 Å². The molecule has 260 valence electrons. The highest BCUT2D eigenvalue weighted by Crippen LogP contribution is 2.44. The molecule has 4 aromatic carbocycles. The lowest BCUT2D eigenvalue weighted by Crippen LogP contribution is -2.41. The minimum Gasteiger partial charge on any atom is -0.493 e. The number of methoxy groups -OCH3 is 2. The number of aryl methyl sites for hydroxylation is 2. The number of fused-ring (bicyclic) bond motifs is 5. The predicted molar refractivity (Wildman–Crippen MR) is 197 cm³/mol. The summed E-state index contributed by atoms with van der Waals surface area (Å²) >= 11 is 0. The third-order valence-corrected chi connectivity index (χ3v) is 9.41. The summed E-state index contributed by atoms with van der Waals surface area (Å²) in [6.07, 6.45) is 8.77. The van der Waals surface area contributed by atoms with E-state index in [-0.39, 0.29) is 19.2 Å². The number of allylic oxidation sites excluding steroid dienone is 2. The van der Waals surface area contributed by atoms with E-state index in [2.05, 4.69) is 55.1 Å². The smallest absolute Gasteiger partial charge is 0.315 e. The monoisotopic (exact) mass is 684 g/mol. The molecule has 0 N–H and O–H groups in total. The molecule has 8 nitrogen and oxygen atoms in total. The maximum Gasteiger partial charge on any atom is 0.315 e. The summed E-state index contributed by atoms with van der Waals surface area (Å²) in [5.41, 5.74) is 7.85. The molecular weight excluding hydrogens is 642 g/mol. The quantitative estimate of drug-likeness (QED) is 0.0536. The van der Waals surface area contributed by atoms with E-state index in [4.69, 9.17) is 28.4 Å². The molecule has 2 aliphatic rings. The minimum atomic E-state index is -0.383. The summed E-state index contributed by atoms with van der Waals surface area (Å²) in [5, 5.41) is 1.73. The zero-order valence-electron chi connectivity index (χ0n) is 29.4. The van der Waals surface area contributed by atoms with Gasteiger partial charge in [-0.3, -0.25) is 4.79 Å². The van der Waals surface area contributed by atoms with Gasteiger partial charge >= 0.3 is 5.97 Å². The van der Waals surface area contributed by atoms with Gasteiger partial charge < -0.3 is 28.4 Å². The van der Waals surface area contributed by atoms with Crippen LogP contribution in [0.2, 0.25) is 0 Å². The third kappa shape index (κ3) is 6.50. The molecular formula is C43H42NO7+. The number of aromatic nitrogens is 1. The molecule has 1 aromatic heterocycles. The Morgan fingerprint density at radius 3 is 2.41 bits per heavy atom. The number of carbonyl (C=O) groups excluding carboxylic acids is 1. The number of pyridine rings is 1. The molecule has 0 aliphatic carbocycles. The molecule has 0 saturated carbocycles. The molecule has 0 amide bonds. The topological polar surface area (TPSA) is 76.3 Å². The van der Waals surface area contributed by atoms with Crippen LogP contribution in [-0.4, -0.2) is 33.6 Å². The molecule has 2 aliphatic heterocycles. The summed E-state index contributed by atoms with van der Waals surface area (Å²) in [6, 6.07) is 20.1. The van der Waals surface area contributed by atoms with Crippen LogP contribution >= 0.6 is 0 Å². The first-order chi connectivity index (χ1) is 25.0. The molecule has 5 aromatic rings. The first-order valence-corrected chi connectivity index (χ1v) is 17.3. The first kappa shape index (κ1) is 33.7. The van der Waals surface area contributed by atoms with Crippen molar-refractivity contribution in [1.29, 1.82) is 0 Å². The minimum absolute atomic E-state index is 0.0178. The first-order valence-electron chi connectivity index (χ1n) is 17.3. The second kappa shape index (κ2) is 14.6. The molecule has 7 rings (SSSR count). The van der Waals surface area contributed by atoms with Crippen LogP contribution in [0, 0.1) is 0 Å². The maximum absolute atomic E-state index is 14.1. The summed E-state index contributed by atoms with van der Waals surface area (Å²) < 4.78 is 37.5. The Labute approximate surface area is 298 Å². The van der Waals surface area contributed by atoms with Crippen molar-refractivity contribution in [3.8, 4) is 56.9 Å². The number of hydrogen-bond acceptors (Lipinski definition) is 7. The fraction of sp³-hybridized carbons (Fsp3) is 0.256. The van der Waals surface area contributed by atoms with E-state index in [0.717, 1.165) is 86.2 Å². The van der Waals surface area contributed by atoms with E-state index in [0.29, 0.717) is 42.6 Å². The molecule has 51 heavy (non-hydrogen) atoms. The van der Waals surface area contributed by atoms with Crippen molar-refractivity contribution < 1.29 is 37.8 Å². The van der Waals surface area contributed by atoms with Gasteiger partial charge in [-0.1, -0.05) is 31.2 Å². The molecule has 0 spiro atoms. The number of benzene rings is 4. The van der Waals surface area contributed by atoms with Gasteiger partial charge in [-0.05, 0) is 90.0 Å². The van der Waals surface area contributed by atoms with Crippen LogP contribution in [0.3, 0.4) is 0 Å². The lowest BCUT2D eigenvalue weighted by molar-refractivity contribution is -0.686. The van der Waals surface area contributed by atoms with E-state index in [1.165, 1.54) is 0 Å². The number of ether oxygens (including phenoxy) is 6. The van der Waals surface area contributed by atoms with Gasteiger partial charge in [0.1, 0.15) is 11.5 Å². The van der Waals surface area contributed by atoms with Crippen LogP contribution in [0.5, 0.6) is 34.5 Å². The van der Waals surface area contributed by atoms with Gasteiger partial charge in [0.25, 0.3) is 0 Å². The van der Waals surface area contributed by atoms with E-state index in [9.17, 15) is 4.79 Å². The molecule has 0 fully saturated rings. The molecule has 3 heterocycles. The third-order valence-electron chi connectivity index (χ3n) is 9.41. The van der Waals surface area contributed by atoms with Gasteiger partial charge in [0, 0.05) is 22.9 Å². The van der Waals surface area contributed by atoms with Crippen molar-refractivity contribution in [3.05, 3.63) is 114 Å². The zero-order chi connectivity index (χ0) is 35.5. The largest absolute Gasteiger partial charge is 0.493 e. The Hall–Kier alpha value is -5.76. The average molecular weight is 685 g/mol. The van der Waals surface area contributed by atoms with Crippen LogP contribution in [0.25, 0.3) is 33.2 Å². The number of nitrogens with zero attached hydrogens (tertiary/aromatic N) is 1. The lowest BCUT2D eigenvalue weighted by atomic mass is 9.90. The van der Waals surface area contributed by atoms with Crippen molar-refractivity contribution >= 4 is 16.7 Å². The Balaban J connectivity index is 1.29. The Morgan fingerprint density at radius 1 is 0.863 bits per heavy atom. The Bertz CT molecular complexity index is 2170. The van der Waals surface area contributed by atoms with E-state index in [1.807, 2.05) is 48.6 Å². The number of carbonyl (C=O) groups is 1. The highest BCUT2D eigenvalue weighted by molar-refractivity contribution is 5.97. The van der Waals surface area contributed by atoms with Crippen molar-refractivity contribution in [2.75, 3.05) is 27.6 Å². The Morgan fingerprint density at radius 2 is 1.65 bits per heavy atom. The van der Waals surface area contributed by atoms with Gasteiger partial charge in [0.05, 0.1) is 38.2 Å². The van der Waals surface area contributed by atoms with Crippen molar-refractivity contribution in [1.82, 2.24) is 0 Å². The SMILES string of the molecule is C=CCc1ccc(OCCC)c(-c2ccc(OC(=O)Cc3c4[n+](cc5c(OC)c(OC)ccc35)CCc3cc5c(cc3-4)OCO5)c(CC=C)c2)c1. The second-order valence-electron chi connectivity index (χ2n) is 12.7. The predicted octanol–water partition coefficient (Wildman–Crippen LogP) is 8.16. The van der Waals surface area contributed by atoms with Crippen LogP contribution in [-0.2, 0) is 37.0 Å². The summed E-state index contributed by atoms with van der Waals surface area (Å²) in [6.45, 7) is 11.5. The van der Waals surface area contributed by atoms with E-state index < -0.39 is 0 Å². The van der Waals surface area contributed by atoms with E-state index >= 15 is 0 Å². The number of hydrogen-bond donors (Lipinski definition) is 0. The van der Waals surface area contributed by atoms with Crippen molar-refractivity contribution in [2.24, 2.45) is 0 Å². The fourth-order valence-corrected chi connectivity index (χ4v) is 7.09. The van der Waals surface area contributed by atoms with Gasteiger partial charge in [0.15, 0.2) is 35.7 Å². The van der Waals surface area contributed by atoms with Crippen LogP contribution in [0.1, 0.15) is 35.6 Å².